The first kappa shape index (κ1) is 32.0. The van der Waals surface area contributed by atoms with Crippen molar-refractivity contribution in [3.63, 3.8) is 0 Å². The molecule has 0 aliphatic carbocycles. The number of morpholine rings is 1. The Morgan fingerprint density at radius 3 is 2.33 bits per heavy atom. The van der Waals surface area contributed by atoms with Crippen molar-refractivity contribution in [2.45, 2.75) is 17.9 Å². The molecule has 0 unspecified atom stereocenters. The van der Waals surface area contributed by atoms with Crippen molar-refractivity contribution in [1.82, 2.24) is 24.1 Å². The third-order valence-corrected chi connectivity index (χ3v) is 10.2. The van der Waals surface area contributed by atoms with Crippen LogP contribution in [0.1, 0.15) is 16.9 Å². The van der Waals surface area contributed by atoms with Gasteiger partial charge in [-0.3, -0.25) is 13.9 Å². The van der Waals surface area contributed by atoms with E-state index in [-0.39, 0.29) is 46.7 Å². The van der Waals surface area contributed by atoms with Gasteiger partial charge in [0, 0.05) is 63.6 Å². The SMILES string of the molecule is O=C(c1c(-c2ccccc2)n(-c2cccc(N3CCOCC3)c2)c(=O)n1CCCNS(=O)(=O)c1ccccc1Cl)N1CCNCC1. The maximum absolute atomic E-state index is 14.5. The van der Waals surface area contributed by atoms with Crippen LogP contribution in [0.2, 0.25) is 5.02 Å². The maximum atomic E-state index is 14.5. The smallest absolute Gasteiger partial charge is 0.333 e. The van der Waals surface area contributed by atoms with Crippen LogP contribution in [-0.2, 0) is 21.3 Å². The molecular formula is C33H37ClN6O5S. The van der Waals surface area contributed by atoms with E-state index >= 15 is 0 Å². The van der Waals surface area contributed by atoms with E-state index in [4.69, 9.17) is 16.3 Å². The Morgan fingerprint density at radius 1 is 0.891 bits per heavy atom. The van der Waals surface area contributed by atoms with Crippen LogP contribution in [0.3, 0.4) is 0 Å². The summed E-state index contributed by atoms with van der Waals surface area (Å²) >= 11 is 6.14. The zero-order chi connectivity index (χ0) is 32.1. The van der Waals surface area contributed by atoms with Gasteiger partial charge in [0.2, 0.25) is 10.0 Å². The zero-order valence-corrected chi connectivity index (χ0v) is 27.0. The predicted octanol–water partition coefficient (Wildman–Crippen LogP) is 3.21. The molecule has 6 rings (SSSR count). The summed E-state index contributed by atoms with van der Waals surface area (Å²) in [7, 11) is -3.87. The number of amides is 1. The van der Waals surface area contributed by atoms with Gasteiger partial charge in [-0.1, -0.05) is 60.1 Å². The Labute approximate surface area is 273 Å². The Morgan fingerprint density at radius 2 is 1.59 bits per heavy atom. The lowest BCUT2D eigenvalue weighted by atomic mass is 10.1. The molecule has 11 nitrogen and oxygen atoms in total. The number of sulfonamides is 1. The number of imidazole rings is 1. The fraction of sp³-hybridized carbons (Fsp3) is 0.333. The summed E-state index contributed by atoms with van der Waals surface area (Å²) in [5, 5.41) is 3.40. The normalized spacial score (nSPS) is 15.7. The van der Waals surface area contributed by atoms with Gasteiger partial charge in [-0.05, 0) is 36.8 Å². The number of piperazine rings is 1. The van der Waals surface area contributed by atoms with Crippen molar-refractivity contribution >= 4 is 33.2 Å². The minimum atomic E-state index is -3.87. The van der Waals surface area contributed by atoms with Gasteiger partial charge in [0.05, 0.1) is 29.6 Å². The number of halogens is 1. The number of carbonyl (C=O) groups is 1. The van der Waals surface area contributed by atoms with Crippen molar-refractivity contribution in [2.24, 2.45) is 0 Å². The summed E-state index contributed by atoms with van der Waals surface area (Å²) < 4.78 is 37.2. The quantitative estimate of drug-likeness (QED) is 0.250. The molecule has 2 N–H and O–H groups in total. The minimum absolute atomic E-state index is 0.0129. The van der Waals surface area contributed by atoms with Gasteiger partial charge in [0.25, 0.3) is 5.91 Å². The molecule has 13 heteroatoms. The van der Waals surface area contributed by atoms with Crippen LogP contribution in [0.15, 0.2) is 88.6 Å². The van der Waals surface area contributed by atoms with Gasteiger partial charge < -0.3 is 19.9 Å². The van der Waals surface area contributed by atoms with E-state index < -0.39 is 10.0 Å². The number of anilines is 1. The lowest BCUT2D eigenvalue weighted by Gasteiger charge is -2.29. The lowest BCUT2D eigenvalue weighted by Crippen LogP contribution is -2.47. The highest BCUT2D eigenvalue weighted by Crippen LogP contribution is 2.30. The number of nitrogens with one attached hydrogen (secondary N) is 2. The summed E-state index contributed by atoms with van der Waals surface area (Å²) in [5.74, 6) is -0.239. The number of nitrogens with zero attached hydrogens (tertiary/aromatic N) is 4. The fourth-order valence-corrected chi connectivity index (χ4v) is 7.51. The van der Waals surface area contributed by atoms with Crippen molar-refractivity contribution < 1.29 is 17.9 Å². The Bertz CT molecular complexity index is 1850. The number of benzene rings is 3. The molecule has 1 aromatic heterocycles. The summed E-state index contributed by atoms with van der Waals surface area (Å²) in [4.78, 5) is 32.8. The van der Waals surface area contributed by atoms with Crippen LogP contribution in [0, 0.1) is 0 Å². The van der Waals surface area contributed by atoms with Crippen LogP contribution in [0.25, 0.3) is 16.9 Å². The standard InChI is InChI=1S/C33H37ClN6O5S/c34-28-12-4-5-13-29(28)46(43,44)36-14-7-17-39-31(32(41)38-18-15-35-16-19-38)30(25-8-2-1-3-9-25)40(33(39)42)27-11-6-10-26(24-27)37-20-22-45-23-21-37/h1-6,8-13,24,35-36H,7,14-23H2. The average Bonchev–Trinajstić information content (AvgIpc) is 3.39. The van der Waals surface area contributed by atoms with E-state index in [0.29, 0.717) is 50.8 Å². The third kappa shape index (κ3) is 6.76. The Kier molecular flexibility index (Phi) is 9.90. The number of ether oxygens (including phenoxy) is 1. The molecule has 46 heavy (non-hydrogen) atoms. The summed E-state index contributed by atoms with van der Waals surface area (Å²) in [5.41, 5.74) is 2.75. The first-order valence-electron chi connectivity index (χ1n) is 15.4. The van der Waals surface area contributed by atoms with Crippen LogP contribution in [-0.4, -0.2) is 87.4 Å². The predicted molar refractivity (Wildman–Crippen MR) is 179 cm³/mol. The average molecular weight is 665 g/mol. The maximum Gasteiger partial charge on any atom is 0.333 e. The van der Waals surface area contributed by atoms with Crippen LogP contribution >= 0.6 is 11.6 Å². The molecule has 0 spiro atoms. The molecule has 0 bridgehead atoms. The number of carbonyl (C=O) groups excluding carboxylic acids is 1. The summed E-state index contributed by atoms with van der Waals surface area (Å²) in [6.07, 6.45) is 0.261. The molecule has 0 saturated carbocycles. The molecule has 2 saturated heterocycles. The van der Waals surface area contributed by atoms with E-state index in [1.807, 2.05) is 54.6 Å². The van der Waals surface area contributed by atoms with Gasteiger partial charge in [-0.25, -0.2) is 17.9 Å². The molecule has 1 amide bonds. The topological polar surface area (TPSA) is 118 Å². The number of hydrogen-bond donors (Lipinski definition) is 2. The molecule has 0 radical (unpaired) electrons. The first-order valence-corrected chi connectivity index (χ1v) is 17.3. The number of aromatic nitrogens is 2. The second-order valence-corrected chi connectivity index (χ2v) is 13.3. The van der Waals surface area contributed by atoms with Crippen molar-refractivity contribution in [1.29, 1.82) is 0 Å². The zero-order valence-electron chi connectivity index (χ0n) is 25.4. The monoisotopic (exact) mass is 664 g/mol. The molecule has 2 aliphatic heterocycles. The molecule has 3 heterocycles. The summed E-state index contributed by atoms with van der Waals surface area (Å²) in [6.45, 7) is 5.22. The summed E-state index contributed by atoms with van der Waals surface area (Å²) in [6, 6.07) is 23.5. The van der Waals surface area contributed by atoms with Gasteiger partial charge >= 0.3 is 5.69 Å². The van der Waals surface area contributed by atoms with Crippen LogP contribution < -0.4 is 20.6 Å². The van der Waals surface area contributed by atoms with E-state index in [1.165, 1.54) is 16.7 Å². The van der Waals surface area contributed by atoms with Crippen molar-refractivity contribution in [3.8, 4) is 16.9 Å². The second kappa shape index (κ2) is 14.2. The highest BCUT2D eigenvalue weighted by molar-refractivity contribution is 7.89. The fourth-order valence-electron chi connectivity index (χ4n) is 5.92. The van der Waals surface area contributed by atoms with Crippen molar-refractivity contribution in [2.75, 3.05) is 63.9 Å². The van der Waals surface area contributed by atoms with E-state index in [9.17, 15) is 18.0 Å². The molecule has 0 atom stereocenters. The Hall–Kier alpha value is -3.94. The molecule has 2 fully saturated rings. The number of hydrogen-bond acceptors (Lipinski definition) is 7. The highest BCUT2D eigenvalue weighted by atomic mass is 35.5. The van der Waals surface area contributed by atoms with E-state index in [1.54, 1.807) is 21.6 Å². The molecule has 4 aromatic rings. The van der Waals surface area contributed by atoms with Crippen LogP contribution in [0.5, 0.6) is 0 Å². The number of rotatable bonds is 10. The van der Waals surface area contributed by atoms with Crippen molar-refractivity contribution in [3.05, 3.63) is 100 Å². The molecule has 2 aliphatic rings. The van der Waals surface area contributed by atoms with Gasteiger partial charge in [-0.2, -0.15) is 0 Å². The third-order valence-electron chi connectivity index (χ3n) is 8.23. The van der Waals surface area contributed by atoms with Gasteiger partial charge in [-0.15, -0.1) is 0 Å². The van der Waals surface area contributed by atoms with E-state index in [0.717, 1.165) is 24.3 Å². The molecule has 242 valence electrons. The van der Waals surface area contributed by atoms with Gasteiger partial charge in [0.1, 0.15) is 10.6 Å². The highest BCUT2D eigenvalue weighted by Gasteiger charge is 2.31. The molecule has 3 aromatic carbocycles. The van der Waals surface area contributed by atoms with Crippen LogP contribution in [0.4, 0.5) is 5.69 Å². The first-order chi connectivity index (χ1) is 22.3. The largest absolute Gasteiger partial charge is 0.378 e. The molecular weight excluding hydrogens is 628 g/mol. The lowest BCUT2D eigenvalue weighted by molar-refractivity contribution is 0.0725. The van der Waals surface area contributed by atoms with E-state index in [2.05, 4.69) is 14.9 Å². The second-order valence-electron chi connectivity index (χ2n) is 11.2. The minimum Gasteiger partial charge on any atom is -0.378 e. The Balaban J connectivity index is 1.41. The van der Waals surface area contributed by atoms with Gasteiger partial charge in [0.15, 0.2) is 0 Å².